The summed E-state index contributed by atoms with van der Waals surface area (Å²) in [5.74, 6) is -23.1. The van der Waals surface area contributed by atoms with Gasteiger partial charge in [0.05, 0.1) is 30.0 Å². The molecule has 0 aromatic carbocycles. The molecule has 588 valence electrons. The van der Waals surface area contributed by atoms with E-state index in [-0.39, 0.29) is 62.6 Å². The maximum Gasteiger partial charge on any atom is 0.491 e. The van der Waals surface area contributed by atoms with Gasteiger partial charge in [-0.2, -0.15) is 52.7 Å². The zero-order chi connectivity index (χ0) is 77.3. The summed E-state index contributed by atoms with van der Waals surface area (Å²) in [6.45, 7) is 9.03. The van der Waals surface area contributed by atoms with Crippen molar-refractivity contribution in [3.8, 4) is 0 Å². The first-order chi connectivity index (χ1) is 44.5. The van der Waals surface area contributed by atoms with Crippen LogP contribution in [0.3, 0.4) is 0 Å². The van der Waals surface area contributed by atoms with Crippen molar-refractivity contribution in [2.75, 3.05) is 81.3 Å². The Balaban J connectivity index is -0.00000172. The van der Waals surface area contributed by atoms with Crippen LogP contribution in [0, 0.1) is 17.8 Å². The van der Waals surface area contributed by atoms with Crippen molar-refractivity contribution in [1.29, 1.82) is 0 Å². The lowest BCUT2D eigenvalue weighted by Gasteiger charge is -2.42. The second-order valence-electron chi connectivity index (χ2n) is 23.9. The Morgan fingerprint density at radius 3 is 1.08 bits per heavy atom. The number of alkyl halides is 20. The Bertz CT molecular complexity index is 2230. The van der Waals surface area contributed by atoms with Gasteiger partial charge in [-0.25, -0.2) is 39.5 Å². The molecule has 0 saturated heterocycles. The number of aliphatic hydroxyl groups is 2. The zero-order valence-corrected chi connectivity index (χ0v) is 64.5. The third-order valence-electron chi connectivity index (χ3n) is 14.9. The van der Waals surface area contributed by atoms with E-state index in [9.17, 15) is 102 Å². The topological polar surface area (TPSA) is 210 Å². The van der Waals surface area contributed by atoms with E-state index in [1.807, 2.05) is 0 Å². The number of nitrogens with two attached hydrogens (primary N) is 2. The Morgan fingerprint density at radius 1 is 0.459 bits per heavy atom. The van der Waals surface area contributed by atoms with Crippen LogP contribution >= 0.6 is 0 Å². The number of hydrogen-bond donors (Lipinski definition) is 4. The first-order valence-corrected chi connectivity index (χ1v) is 44.8. The van der Waals surface area contributed by atoms with Crippen LogP contribution in [0.25, 0.3) is 0 Å². The fraction of sp³-hybridized carbons (Fsp3) is 0.927. The molecule has 0 aromatic rings. The zero-order valence-electron chi connectivity index (χ0n) is 58.5. The minimum Gasteiger partial charge on any atom is -0.414 e. The molecule has 0 rings (SSSR count). The van der Waals surface area contributed by atoms with Crippen molar-refractivity contribution in [3.05, 3.63) is 11.9 Å². The van der Waals surface area contributed by atoms with Crippen LogP contribution in [0.5, 0.6) is 0 Å². The van der Waals surface area contributed by atoms with Gasteiger partial charge in [0.15, 0.2) is 0 Å². The number of rotatable bonds is 48. The molecule has 43 heteroatoms. The lowest BCUT2D eigenvalue weighted by Crippen LogP contribution is -2.61. The van der Waals surface area contributed by atoms with E-state index in [2.05, 4.69) is 9.98 Å². The van der Waals surface area contributed by atoms with E-state index in [4.69, 9.17) is 54.5 Å². The van der Waals surface area contributed by atoms with Gasteiger partial charge in [0.1, 0.15) is 11.7 Å². The van der Waals surface area contributed by atoms with Crippen LogP contribution in [0.15, 0.2) is 21.9 Å². The lowest BCUT2D eigenvalue weighted by atomic mass is 9.91. The fourth-order valence-corrected chi connectivity index (χ4v) is 34.6. The summed E-state index contributed by atoms with van der Waals surface area (Å²) in [4.78, 5) is 7.59. The SMILES string of the molecule is CC=C(F)C(CCC(C)(F)F)C(F)(F)F.CCC[Si](C)(O[Si](CO)(CCCN=C(CC)C(CCC(C)(F)F)C(F)(F)F)OC)O[Si](CO)(CCCN=C(C(CCC(C)(F)F)C(F)(F)F)C(C)(F)F)OC.CO[Si](CCCN)(OC)O[Si](C)(CCC(F)(F)F)O[Si](CCCN)(OC)OC. The standard InChI is InChI=1S/C32H58F12N2O6Si3.C14H35F3N2O6Si3.C9H12F6/c1-9-19-53(8,51-54(22-47,49-6)20-11-17-45-26(10-2)24(31(39,40)41)13-15-28(3,33)34)52-55(23-48,50-7)21-12-18-46-27(30(5,37)38)25(32(42,43)44)14-16-29(4,35)36;1-20-27(21-2,11-6-9-18)24-26(5,13-8-14(15,16)17)25-28(22-3,23-4)12-7-10-19;1-3-7(10)6(9(13,14)15)4-5-8(2,11)12/h24-25,47-48H,9-23H2,1-8H3;6-13,18-19H2,1-5H3;3,6H,4-5H2,1-2H3. The second kappa shape index (κ2) is 44.3. The van der Waals surface area contributed by atoms with Gasteiger partial charge in [-0.3, -0.25) is 9.98 Å². The van der Waals surface area contributed by atoms with Gasteiger partial charge in [0.25, 0.3) is 5.92 Å². The van der Waals surface area contributed by atoms with Crippen LogP contribution in [0.4, 0.5) is 92.2 Å². The van der Waals surface area contributed by atoms with Crippen molar-refractivity contribution in [1.82, 2.24) is 0 Å². The number of allylic oxidation sites excluding steroid dienone is 2. The predicted molar refractivity (Wildman–Crippen MR) is 342 cm³/mol. The highest BCUT2D eigenvalue weighted by Crippen LogP contribution is 2.42. The molecule has 6 N–H and O–H groups in total. The summed E-state index contributed by atoms with van der Waals surface area (Å²) in [6, 6.07) is 0.469. The molecule has 0 aliphatic rings. The molecular weight excluding hydrogens is 1480 g/mol. The minimum atomic E-state index is -5.29. The first kappa shape index (κ1) is 101. The van der Waals surface area contributed by atoms with Crippen LogP contribution in [0.2, 0.25) is 49.4 Å². The Morgan fingerprint density at radius 2 is 0.806 bits per heavy atom. The average molecular weight is 1580 g/mol. The summed E-state index contributed by atoms with van der Waals surface area (Å²) in [5, 5.41) is 20.9. The number of aliphatic imine (C=N–C) groups is 2. The Hall–Kier alpha value is -1.65. The van der Waals surface area contributed by atoms with E-state index >= 15 is 0 Å². The maximum atomic E-state index is 14.4. The van der Waals surface area contributed by atoms with E-state index in [0.29, 0.717) is 71.3 Å². The highest BCUT2D eigenvalue weighted by Gasteiger charge is 2.56. The predicted octanol–water partition coefficient (Wildman–Crippen LogP) is 16.4. The van der Waals surface area contributed by atoms with Crippen LogP contribution in [0.1, 0.15) is 132 Å². The second-order valence-corrected chi connectivity index (χ2v) is 44.2. The summed E-state index contributed by atoms with van der Waals surface area (Å²) in [7, 11) is -12.8. The van der Waals surface area contributed by atoms with Crippen molar-refractivity contribution in [2.24, 2.45) is 39.2 Å². The van der Waals surface area contributed by atoms with Crippen molar-refractivity contribution >= 4 is 63.3 Å². The molecule has 0 aliphatic carbocycles. The number of nitrogens with zero attached hydrogens (tertiary/aromatic N) is 2. The summed E-state index contributed by atoms with van der Waals surface area (Å²) < 4.78 is 337. The van der Waals surface area contributed by atoms with Crippen molar-refractivity contribution in [2.45, 2.75) is 230 Å². The Kier molecular flexibility index (Phi) is 45.5. The first-order valence-electron chi connectivity index (χ1n) is 31.4. The van der Waals surface area contributed by atoms with Crippen LogP contribution < -0.4 is 11.5 Å². The molecule has 0 fully saturated rings. The minimum absolute atomic E-state index is 0.00753. The monoisotopic (exact) mass is 1580 g/mol. The summed E-state index contributed by atoms with van der Waals surface area (Å²) in [6.07, 6.45) is -26.2. The van der Waals surface area contributed by atoms with E-state index in [1.54, 1.807) is 20.0 Å². The smallest absolute Gasteiger partial charge is 0.414 e. The van der Waals surface area contributed by atoms with E-state index < -0.39 is 193 Å². The van der Waals surface area contributed by atoms with E-state index in [1.165, 1.54) is 49.6 Å². The normalized spacial score (nSPS) is 17.1. The quantitative estimate of drug-likeness (QED) is 0.0193. The molecule has 6 atom stereocenters. The molecule has 0 saturated carbocycles. The van der Waals surface area contributed by atoms with Gasteiger partial charge in [-0.05, 0) is 129 Å². The highest BCUT2D eigenvalue weighted by molar-refractivity contribution is 6.86. The fourth-order valence-electron chi connectivity index (χ4n) is 9.70. The van der Waals surface area contributed by atoms with Crippen molar-refractivity contribution < 1.29 is 145 Å². The number of hydrogen-bond acceptors (Lipinski definition) is 16. The number of aliphatic hydroxyl groups excluding tert-OH is 2. The summed E-state index contributed by atoms with van der Waals surface area (Å²) >= 11 is 0. The van der Waals surface area contributed by atoms with Gasteiger partial charge in [-0.1, -0.05) is 26.3 Å². The molecule has 6 unspecified atom stereocenters. The maximum absolute atomic E-state index is 14.4. The molecule has 0 aromatic heterocycles. The molecule has 0 bridgehead atoms. The van der Waals surface area contributed by atoms with Gasteiger partial charge in [0.2, 0.25) is 17.8 Å². The lowest BCUT2D eigenvalue weighted by molar-refractivity contribution is -0.173. The van der Waals surface area contributed by atoms with Gasteiger partial charge in [-0.15, -0.1) is 0 Å². The third-order valence-corrected chi connectivity index (χ3v) is 39.0. The molecule has 0 heterocycles. The largest absolute Gasteiger partial charge is 0.491 e. The van der Waals surface area contributed by atoms with Gasteiger partial charge < -0.3 is 64.7 Å². The van der Waals surface area contributed by atoms with E-state index in [0.717, 1.165) is 6.92 Å². The number of halogens is 21. The summed E-state index contributed by atoms with van der Waals surface area (Å²) in [5.41, 5.74) is 9.24. The van der Waals surface area contributed by atoms with Crippen molar-refractivity contribution in [3.63, 3.8) is 0 Å². The third kappa shape index (κ3) is 41.2. The van der Waals surface area contributed by atoms with Crippen LogP contribution in [-0.2, 0) is 43.0 Å². The molecule has 98 heavy (non-hydrogen) atoms. The molecule has 0 aliphatic heterocycles. The molecule has 16 nitrogen and oxygen atoms in total. The van der Waals surface area contributed by atoms with Gasteiger partial charge >= 0.3 is 76.6 Å². The molecule has 0 spiro atoms. The molecule has 0 amide bonds. The average Bonchev–Trinajstić information content (AvgIpc) is 0.807. The molecule has 0 radical (unpaired) electrons. The Labute approximate surface area is 568 Å². The van der Waals surface area contributed by atoms with Gasteiger partial charge in [0, 0.05) is 106 Å². The highest BCUT2D eigenvalue weighted by atomic mass is 28.5. The molecular formula is C55H105F21N4O12Si6. The van der Waals surface area contributed by atoms with Crippen LogP contribution in [-0.4, -0.2) is 203 Å².